The molecule has 2 rings (SSSR count). The number of carbonyl (C=O) groups is 1. The second-order valence-electron chi connectivity index (χ2n) is 4.76. The lowest BCUT2D eigenvalue weighted by Crippen LogP contribution is -2.26. The average Bonchev–Trinajstić information content (AvgIpc) is 2.87. The molecule has 0 atom stereocenters. The summed E-state index contributed by atoms with van der Waals surface area (Å²) < 4.78 is 10.1. The van der Waals surface area contributed by atoms with Crippen molar-refractivity contribution in [3.63, 3.8) is 0 Å². The van der Waals surface area contributed by atoms with Crippen LogP contribution in [0, 0.1) is 6.92 Å². The molecule has 0 saturated heterocycles. The molecule has 0 aliphatic rings. The van der Waals surface area contributed by atoms with Gasteiger partial charge in [0.25, 0.3) is 0 Å². The standard InChI is InChI=1S/C15H18N2O3/c1-11-4-6-12(7-5-11)15-16-13(10-20-15)8-17(2)9-14(18)19-3/h4-7,10H,8-9H2,1-3H3. The Kier molecular flexibility index (Phi) is 4.53. The van der Waals surface area contributed by atoms with E-state index in [0.29, 0.717) is 12.4 Å². The van der Waals surface area contributed by atoms with Crippen LogP contribution >= 0.6 is 0 Å². The first-order chi connectivity index (χ1) is 9.58. The zero-order valence-corrected chi connectivity index (χ0v) is 11.9. The van der Waals surface area contributed by atoms with Crippen molar-refractivity contribution >= 4 is 5.97 Å². The van der Waals surface area contributed by atoms with E-state index in [9.17, 15) is 4.79 Å². The van der Waals surface area contributed by atoms with E-state index < -0.39 is 0 Å². The van der Waals surface area contributed by atoms with Gasteiger partial charge in [-0.3, -0.25) is 9.69 Å². The Morgan fingerprint density at radius 2 is 2.05 bits per heavy atom. The highest BCUT2D eigenvalue weighted by Crippen LogP contribution is 2.19. The second-order valence-corrected chi connectivity index (χ2v) is 4.76. The monoisotopic (exact) mass is 274 g/mol. The SMILES string of the molecule is COC(=O)CN(C)Cc1coc(-c2ccc(C)cc2)n1. The Morgan fingerprint density at radius 1 is 1.35 bits per heavy atom. The van der Waals surface area contributed by atoms with Gasteiger partial charge in [0.15, 0.2) is 0 Å². The molecule has 1 aromatic heterocycles. The lowest BCUT2D eigenvalue weighted by atomic mass is 10.1. The Bertz CT molecular complexity index is 575. The molecule has 0 radical (unpaired) electrons. The lowest BCUT2D eigenvalue weighted by molar-refractivity contribution is -0.141. The van der Waals surface area contributed by atoms with Crippen LogP contribution in [0.15, 0.2) is 34.9 Å². The zero-order chi connectivity index (χ0) is 14.5. The maximum atomic E-state index is 11.2. The van der Waals surface area contributed by atoms with Gasteiger partial charge in [0, 0.05) is 12.1 Å². The topological polar surface area (TPSA) is 55.6 Å². The number of likely N-dealkylation sites (N-methyl/N-ethyl adjacent to an activating group) is 1. The van der Waals surface area contributed by atoms with Crippen molar-refractivity contribution in [2.24, 2.45) is 0 Å². The van der Waals surface area contributed by atoms with Gasteiger partial charge in [0.1, 0.15) is 6.26 Å². The van der Waals surface area contributed by atoms with Gasteiger partial charge in [-0.2, -0.15) is 0 Å². The van der Waals surface area contributed by atoms with Crippen LogP contribution in [0.4, 0.5) is 0 Å². The van der Waals surface area contributed by atoms with Gasteiger partial charge in [-0.1, -0.05) is 17.7 Å². The number of oxazole rings is 1. The summed E-state index contributed by atoms with van der Waals surface area (Å²) in [6.07, 6.45) is 1.61. The van der Waals surface area contributed by atoms with Crippen molar-refractivity contribution in [2.45, 2.75) is 13.5 Å². The maximum absolute atomic E-state index is 11.2. The quantitative estimate of drug-likeness (QED) is 0.783. The highest BCUT2D eigenvalue weighted by molar-refractivity contribution is 5.71. The fraction of sp³-hybridized carbons (Fsp3) is 0.333. The number of aromatic nitrogens is 1. The smallest absolute Gasteiger partial charge is 0.319 e. The van der Waals surface area contributed by atoms with Crippen LogP contribution in [0.25, 0.3) is 11.5 Å². The molecule has 1 aromatic carbocycles. The Hall–Kier alpha value is -2.14. The van der Waals surface area contributed by atoms with Crippen molar-refractivity contribution in [1.29, 1.82) is 0 Å². The van der Waals surface area contributed by atoms with Gasteiger partial charge in [-0.05, 0) is 26.1 Å². The first-order valence-corrected chi connectivity index (χ1v) is 6.35. The average molecular weight is 274 g/mol. The molecule has 0 fully saturated rings. The number of nitrogens with zero attached hydrogens (tertiary/aromatic N) is 2. The number of carbonyl (C=O) groups excluding carboxylic acids is 1. The van der Waals surface area contributed by atoms with Gasteiger partial charge in [-0.15, -0.1) is 0 Å². The minimum absolute atomic E-state index is 0.225. The van der Waals surface area contributed by atoms with Crippen LogP contribution in [0.5, 0.6) is 0 Å². The van der Waals surface area contributed by atoms with E-state index in [0.717, 1.165) is 11.3 Å². The summed E-state index contributed by atoms with van der Waals surface area (Å²) in [6.45, 7) is 2.79. The van der Waals surface area contributed by atoms with Gasteiger partial charge in [0.2, 0.25) is 5.89 Å². The molecule has 5 nitrogen and oxygen atoms in total. The Labute approximate surface area is 118 Å². The van der Waals surface area contributed by atoms with Crippen LogP contribution in [-0.4, -0.2) is 36.6 Å². The molecule has 5 heteroatoms. The second kappa shape index (κ2) is 6.34. The molecule has 0 N–H and O–H groups in total. The number of esters is 1. The van der Waals surface area contributed by atoms with Gasteiger partial charge in [-0.25, -0.2) is 4.98 Å². The number of rotatable bonds is 5. The largest absolute Gasteiger partial charge is 0.468 e. The van der Waals surface area contributed by atoms with Gasteiger partial charge >= 0.3 is 5.97 Å². The first-order valence-electron chi connectivity index (χ1n) is 6.35. The van der Waals surface area contributed by atoms with E-state index >= 15 is 0 Å². The summed E-state index contributed by atoms with van der Waals surface area (Å²) in [5.41, 5.74) is 2.92. The predicted octanol–water partition coefficient (Wildman–Crippen LogP) is 2.25. The third-order valence-corrected chi connectivity index (χ3v) is 2.91. The normalized spacial score (nSPS) is 10.8. The third kappa shape index (κ3) is 3.68. The van der Waals surface area contributed by atoms with Crippen LogP contribution in [0.2, 0.25) is 0 Å². The summed E-state index contributed by atoms with van der Waals surface area (Å²) in [6, 6.07) is 7.98. The van der Waals surface area contributed by atoms with Gasteiger partial charge < -0.3 is 9.15 Å². The summed E-state index contributed by atoms with van der Waals surface area (Å²) >= 11 is 0. The molecule has 0 bridgehead atoms. The van der Waals surface area contributed by atoms with Crippen molar-refractivity contribution in [1.82, 2.24) is 9.88 Å². The number of hydrogen-bond donors (Lipinski definition) is 0. The number of methoxy groups -OCH3 is 1. The van der Waals surface area contributed by atoms with Crippen LogP contribution in [0.1, 0.15) is 11.3 Å². The van der Waals surface area contributed by atoms with Crippen molar-refractivity contribution in [3.05, 3.63) is 41.8 Å². The van der Waals surface area contributed by atoms with Gasteiger partial charge in [0.05, 0.1) is 19.3 Å². The van der Waals surface area contributed by atoms with Crippen molar-refractivity contribution in [2.75, 3.05) is 20.7 Å². The van der Waals surface area contributed by atoms with Crippen molar-refractivity contribution in [3.8, 4) is 11.5 Å². The van der Waals surface area contributed by atoms with E-state index in [1.807, 2.05) is 43.1 Å². The predicted molar refractivity (Wildman–Crippen MR) is 75.0 cm³/mol. The fourth-order valence-corrected chi connectivity index (χ4v) is 1.83. The van der Waals surface area contributed by atoms with Crippen LogP contribution in [-0.2, 0) is 16.1 Å². The molecule has 0 aliphatic heterocycles. The highest BCUT2D eigenvalue weighted by atomic mass is 16.5. The molecule has 0 spiro atoms. The van der Waals surface area contributed by atoms with E-state index in [-0.39, 0.29) is 12.5 Å². The number of aryl methyl sites for hydroxylation is 1. The van der Waals surface area contributed by atoms with Crippen LogP contribution < -0.4 is 0 Å². The Morgan fingerprint density at radius 3 is 2.70 bits per heavy atom. The molecule has 0 saturated carbocycles. The maximum Gasteiger partial charge on any atom is 0.319 e. The number of ether oxygens (including phenoxy) is 1. The summed E-state index contributed by atoms with van der Waals surface area (Å²) in [5.74, 6) is 0.321. The minimum atomic E-state index is -0.269. The van der Waals surface area contributed by atoms with E-state index in [2.05, 4.69) is 9.72 Å². The molecule has 1 heterocycles. The zero-order valence-electron chi connectivity index (χ0n) is 11.9. The minimum Gasteiger partial charge on any atom is -0.468 e. The molecular formula is C15H18N2O3. The van der Waals surface area contributed by atoms with E-state index in [4.69, 9.17) is 4.42 Å². The molecule has 0 unspecified atom stereocenters. The van der Waals surface area contributed by atoms with E-state index in [1.165, 1.54) is 12.7 Å². The third-order valence-electron chi connectivity index (χ3n) is 2.91. The fourth-order valence-electron chi connectivity index (χ4n) is 1.83. The summed E-state index contributed by atoms with van der Waals surface area (Å²) in [7, 11) is 3.21. The molecule has 20 heavy (non-hydrogen) atoms. The number of hydrogen-bond acceptors (Lipinski definition) is 5. The molecule has 106 valence electrons. The summed E-state index contributed by atoms with van der Waals surface area (Å²) in [4.78, 5) is 17.4. The lowest BCUT2D eigenvalue weighted by Gasteiger charge is -2.12. The van der Waals surface area contributed by atoms with Crippen LogP contribution in [0.3, 0.4) is 0 Å². The highest BCUT2D eigenvalue weighted by Gasteiger charge is 2.11. The first kappa shape index (κ1) is 14.3. The molecule has 2 aromatic rings. The molecule has 0 aliphatic carbocycles. The van der Waals surface area contributed by atoms with Crippen molar-refractivity contribution < 1.29 is 13.9 Å². The molecule has 0 amide bonds. The van der Waals surface area contributed by atoms with E-state index in [1.54, 1.807) is 6.26 Å². The Balaban J connectivity index is 2.02. The number of benzene rings is 1. The summed E-state index contributed by atoms with van der Waals surface area (Å²) in [5, 5.41) is 0. The molecular weight excluding hydrogens is 256 g/mol.